The second kappa shape index (κ2) is 11.5. The maximum absolute atomic E-state index is 12.4. The van der Waals surface area contributed by atoms with E-state index in [1.807, 2.05) is 25.3 Å². The van der Waals surface area contributed by atoms with Gasteiger partial charge < -0.3 is 24.7 Å². The van der Waals surface area contributed by atoms with Gasteiger partial charge in [-0.3, -0.25) is 9.78 Å². The van der Waals surface area contributed by atoms with E-state index in [1.165, 1.54) is 25.1 Å². The lowest BCUT2D eigenvalue weighted by molar-refractivity contribution is 0.0378. The second-order valence-corrected chi connectivity index (χ2v) is 11.8. The smallest absolute Gasteiger partial charge is 0.271 e. The van der Waals surface area contributed by atoms with Gasteiger partial charge in [0, 0.05) is 57.9 Å². The highest BCUT2D eigenvalue weighted by Gasteiger charge is 2.29. The van der Waals surface area contributed by atoms with Crippen molar-refractivity contribution < 1.29 is 9.47 Å². The molecule has 1 saturated heterocycles. The number of hydrogen-bond acceptors (Lipinski definition) is 8. The Labute approximate surface area is 236 Å². The fraction of sp³-hybridized carbons (Fsp3) is 0.267. The molecule has 4 heterocycles. The first-order chi connectivity index (χ1) is 19.1. The summed E-state index contributed by atoms with van der Waals surface area (Å²) >= 11 is 3.57. The predicted molar refractivity (Wildman–Crippen MR) is 156 cm³/mol. The SMILES string of the molecule is COCC(Nc1ccc2c(c1)Sc1cccc(C3CN(c4ccc[nH]c4=O)CCO3)c1S2)c1ccc(C)cn1. The Morgan fingerprint density at radius 1 is 1.13 bits per heavy atom. The van der Waals surface area contributed by atoms with Gasteiger partial charge in [-0.2, -0.15) is 0 Å². The number of fused-ring (bicyclic) bond motifs is 2. The molecule has 9 heteroatoms. The lowest BCUT2D eigenvalue weighted by Gasteiger charge is -2.35. The summed E-state index contributed by atoms with van der Waals surface area (Å²) in [7, 11) is 1.71. The van der Waals surface area contributed by atoms with Crippen LogP contribution in [-0.2, 0) is 9.47 Å². The largest absolute Gasteiger partial charge is 0.382 e. The number of rotatable bonds is 7. The average molecular weight is 559 g/mol. The fourth-order valence-electron chi connectivity index (χ4n) is 4.94. The maximum atomic E-state index is 12.4. The Morgan fingerprint density at radius 2 is 2.05 bits per heavy atom. The molecule has 4 aromatic rings. The molecule has 7 nitrogen and oxygen atoms in total. The van der Waals surface area contributed by atoms with Gasteiger partial charge in [0.15, 0.2) is 0 Å². The van der Waals surface area contributed by atoms with Crippen LogP contribution < -0.4 is 15.8 Å². The van der Waals surface area contributed by atoms with Gasteiger partial charge in [0.1, 0.15) is 11.8 Å². The highest BCUT2D eigenvalue weighted by Crippen LogP contribution is 2.52. The molecule has 39 heavy (non-hydrogen) atoms. The molecule has 1 fully saturated rings. The first-order valence-electron chi connectivity index (χ1n) is 12.9. The fourth-order valence-corrected chi connectivity index (χ4v) is 7.39. The first kappa shape index (κ1) is 26.0. The van der Waals surface area contributed by atoms with Crippen LogP contribution in [0.15, 0.2) is 97.4 Å². The third-order valence-electron chi connectivity index (χ3n) is 6.90. The van der Waals surface area contributed by atoms with E-state index in [0.717, 1.165) is 16.9 Å². The summed E-state index contributed by atoms with van der Waals surface area (Å²) in [6.07, 6.45) is 3.45. The third kappa shape index (κ3) is 5.58. The van der Waals surface area contributed by atoms with Gasteiger partial charge in [0.2, 0.25) is 0 Å². The van der Waals surface area contributed by atoms with Crippen molar-refractivity contribution in [2.24, 2.45) is 0 Å². The molecular weight excluding hydrogens is 528 g/mol. The van der Waals surface area contributed by atoms with Crippen molar-refractivity contribution in [2.45, 2.75) is 38.7 Å². The van der Waals surface area contributed by atoms with Crippen molar-refractivity contribution in [3.63, 3.8) is 0 Å². The monoisotopic (exact) mass is 558 g/mol. The van der Waals surface area contributed by atoms with Crippen molar-refractivity contribution >= 4 is 34.9 Å². The molecule has 0 radical (unpaired) electrons. The molecule has 2 N–H and O–H groups in total. The van der Waals surface area contributed by atoms with Gasteiger partial charge in [-0.05, 0) is 60.5 Å². The zero-order chi connectivity index (χ0) is 26.8. The van der Waals surface area contributed by atoms with Crippen LogP contribution in [0.25, 0.3) is 0 Å². The normalized spacial score (nSPS) is 17.3. The Bertz CT molecular complexity index is 1530. The molecule has 0 bridgehead atoms. The number of aryl methyl sites for hydroxylation is 1. The van der Waals surface area contributed by atoms with Gasteiger partial charge in [0.25, 0.3) is 5.56 Å². The minimum Gasteiger partial charge on any atom is -0.382 e. The molecular formula is C30H30N4O3S2. The molecule has 0 aliphatic carbocycles. The molecule has 2 aromatic heterocycles. The maximum Gasteiger partial charge on any atom is 0.271 e. The third-order valence-corrected chi connectivity index (χ3v) is 9.51. The van der Waals surface area contributed by atoms with Crippen molar-refractivity contribution in [3.8, 4) is 0 Å². The van der Waals surface area contributed by atoms with Gasteiger partial charge in [-0.15, -0.1) is 0 Å². The Morgan fingerprint density at radius 3 is 2.87 bits per heavy atom. The van der Waals surface area contributed by atoms with Crippen LogP contribution >= 0.6 is 23.5 Å². The number of benzene rings is 2. The first-order valence-corrected chi connectivity index (χ1v) is 14.6. The molecule has 0 amide bonds. The molecule has 2 aromatic carbocycles. The Kier molecular flexibility index (Phi) is 7.65. The number of pyridine rings is 2. The molecule has 2 unspecified atom stereocenters. The number of nitrogens with one attached hydrogen (secondary N) is 2. The lowest BCUT2D eigenvalue weighted by atomic mass is 10.1. The van der Waals surface area contributed by atoms with E-state index in [2.05, 4.69) is 68.7 Å². The van der Waals surface area contributed by atoms with E-state index < -0.39 is 0 Å². The summed E-state index contributed by atoms with van der Waals surface area (Å²) in [5.41, 5.74) is 4.91. The highest BCUT2D eigenvalue weighted by atomic mass is 32.2. The van der Waals surface area contributed by atoms with Crippen molar-refractivity contribution in [2.75, 3.05) is 43.6 Å². The zero-order valence-electron chi connectivity index (χ0n) is 21.8. The number of methoxy groups -OCH3 is 1. The highest BCUT2D eigenvalue weighted by molar-refractivity contribution is 8.05. The number of aromatic nitrogens is 2. The number of hydrogen-bond donors (Lipinski definition) is 2. The van der Waals surface area contributed by atoms with Crippen LogP contribution in [0.3, 0.4) is 0 Å². The Balaban J connectivity index is 1.22. The molecule has 0 saturated carbocycles. The van der Waals surface area contributed by atoms with Crippen LogP contribution in [0.1, 0.15) is 29.0 Å². The van der Waals surface area contributed by atoms with E-state index in [-0.39, 0.29) is 17.7 Å². The van der Waals surface area contributed by atoms with Gasteiger partial charge in [-0.1, -0.05) is 41.7 Å². The number of anilines is 2. The summed E-state index contributed by atoms with van der Waals surface area (Å²) in [6, 6.07) is 20.8. The standard InChI is InChI=1S/C30H30N4O3S2/c1-19-8-10-22(32-16-19)23(18-36-2)33-20-9-11-26-28(15-20)38-27-7-3-5-21(29(27)39-26)25-17-34(13-14-37-25)24-6-4-12-31-30(24)35/h3-12,15-16,23,25,33H,13-14,17-18H2,1-2H3,(H,31,35). The van der Waals surface area contributed by atoms with Crippen LogP contribution in [0, 0.1) is 6.92 Å². The molecule has 200 valence electrons. The molecule has 6 rings (SSSR count). The quantitative estimate of drug-likeness (QED) is 0.249. The summed E-state index contributed by atoms with van der Waals surface area (Å²) in [5, 5.41) is 3.61. The topological polar surface area (TPSA) is 79.5 Å². The summed E-state index contributed by atoms with van der Waals surface area (Å²) < 4.78 is 11.7. The van der Waals surface area contributed by atoms with Crippen LogP contribution in [0.4, 0.5) is 11.4 Å². The van der Waals surface area contributed by atoms with Gasteiger partial charge >= 0.3 is 0 Å². The van der Waals surface area contributed by atoms with E-state index in [0.29, 0.717) is 32.0 Å². The summed E-state index contributed by atoms with van der Waals surface area (Å²) in [4.78, 5) is 26.8. The average Bonchev–Trinajstić information content (AvgIpc) is 2.96. The van der Waals surface area contributed by atoms with E-state index in [4.69, 9.17) is 9.47 Å². The molecule has 2 aliphatic rings. The van der Waals surface area contributed by atoms with Crippen molar-refractivity contribution in [3.05, 3.63) is 100 Å². The van der Waals surface area contributed by atoms with Gasteiger partial charge in [0.05, 0.1) is 24.9 Å². The zero-order valence-corrected chi connectivity index (χ0v) is 23.5. The molecule has 2 atom stereocenters. The molecule has 0 spiro atoms. The summed E-state index contributed by atoms with van der Waals surface area (Å²) in [6.45, 7) is 4.47. The minimum absolute atomic E-state index is 0.0444. The van der Waals surface area contributed by atoms with E-state index >= 15 is 0 Å². The van der Waals surface area contributed by atoms with Crippen molar-refractivity contribution in [1.82, 2.24) is 9.97 Å². The predicted octanol–water partition coefficient (Wildman–Crippen LogP) is 6.07. The van der Waals surface area contributed by atoms with Gasteiger partial charge in [-0.25, -0.2) is 0 Å². The van der Waals surface area contributed by atoms with Crippen LogP contribution in [0.2, 0.25) is 0 Å². The molecule has 2 aliphatic heterocycles. The lowest BCUT2D eigenvalue weighted by Crippen LogP contribution is -2.41. The van der Waals surface area contributed by atoms with Crippen LogP contribution in [0.5, 0.6) is 0 Å². The number of nitrogens with zero attached hydrogens (tertiary/aromatic N) is 2. The number of morpholine rings is 1. The van der Waals surface area contributed by atoms with E-state index in [1.54, 1.807) is 36.8 Å². The van der Waals surface area contributed by atoms with E-state index in [9.17, 15) is 4.79 Å². The second-order valence-electron chi connectivity index (χ2n) is 9.64. The number of aromatic amines is 1. The van der Waals surface area contributed by atoms with Crippen LogP contribution in [-0.4, -0.2) is 43.4 Å². The summed E-state index contributed by atoms with van der Waals surface area (Å²) in [5.74, 6) is 0. The number of ether oxygens (including phenoxy) is 2. The number of H-pyrrole nitrogens is 1. The minimum atomic E-state index is -0.110. The Hall–Kier alpha value is -3.24. The van der Waals surface area contributed by atoms with Crippen molar-refractivity contribution in [1.29, 1.82) is 0 Å².